The Hall–Kier alpha value is -2.82. The first-order valence-corrected chi connectivity index (χ1v) is 8.34. The summed E-state index contributed by atoms with van der Waals surface area (Å²) in [6.07, 6.45) is -0.0554. The molecule has 3 rings (SSSR count). The van der Waals surface area contributed by atoms with Gasteiger partial charge >= 0.3 is 5.97 Å². The Labute approximate surface area is 147 Å². The minimum Gasteiger partial charge on any atom is -0.482 e. The number of hydrogen-bond acceptors (Lipinski definition) is 4. The van der Waals surface area contributed by atoms with Crippen molar-refractivity contribution < 1.29 is 19.1 Å². The van der Waals surface area contributed by atoms with E-state index in [2.05, 4.69) is 0 Å². The molecule has 1 aliphatic heterocycles. The van der Waals surface area contributed by atoms with Gasteiger partial charge in [0, 0.05) is 11.7 Å². The van der Waals surface area contributed by atoms with E-state index in [-0.39, 0.29) is 18.6 Å². The van der Waals surface area contributed by atoms with E-state index in [1.165, 1.54) is 0 Å². The van der Waals surface area contributed by atoms with Gasteiger partial charge < -0.3 is 14.4 Å². The molecule has 1 aliphatic rings. The molecule has 0 saturated heterocycles. The maximum absolute atomic E-state index is 12.7. The fourth-order valence-electron chi connectivity index (χ4n) is 3.04. The number of para-hydroxylation sites is 2. The smallest absolute Gasteiger partial charge is 0.344 e. The van der Waals surface area contributed by atoms with Crippen molar-refractivity contribution in [1.82, 2.24) is 0 Å². The monoisotopic (exact) mass is 339 g/mol. The molecule has 0 aliphatic carbocycles. The average Bonchev–Trinajstić information content (AvgIpc) is 2.96. The highest BCUT2D eigenvalue weighted by Crippen LogP contribution is 2.32. The molecule has 1 amide bonds. The number of esters is 1. The second-order valence-corrected chi connectivity index (χ2v) is 6.12. The summed E-state index contributed by atoms with van der Waals surface area (Å²) in [5.41, 5.74) is 2.03. The Balaban J connectivity index is 1.58. The van der Waals surface area contributed by atoms with Crippen molar-refractivity contribution in [2.45, 2.75) is 32.4 Å². The third-order valence-corrected chi connectivity index (χ3v) is 4.20. The number of carbonyl (C=O) groups is 2. The molecule has 0 bridgehead atoms. The van der Waals surface area contributed by atoms with Crippen LogP contribution in [0.3, 0.4) is 0 Å². The first-order chi connectivity index (χ1) is 12.1. The average molecular weight is 339 g/mol. The predicted octanol–water partition coefficient (Wildman–Crippen LogP) is 2.97. The predicted molar refractivity (Wildman–Crippen MR) is 94.6 cm³/mol. The maximum atomic E-state index is 12.7. The molecule has 0 unspecified atom stereocenters. The number of nitrogens with zero attached hydrogens (tertiary/aromatic N) is 1. The number of fused-ring (bicyclic) bond motifs is 1. The molecule has 0 spiro atoms. The third kappa shape index (κ3) is 3.82. The van der Waals surface area contributed by atoms with Crippen LogP contribution < -0.4 is 9.64 Å². The van der Waals surface area contributed by atoms with Gasteiger partial charge in [-0.1, -0.05) is 36.4 Å². The molecule has 1 heterocycles. The molecule has 130 valence electrons. The van der Waals surface area contributed by atoms with Crippen LogP contribution in [0, 0.1) is 0 Å². The standard InChI is InChI=1S/C20H21NO4/c1-14-12-16-8-6-7-11-18(16)21(14)20(23)15(2)25-19(22)13-24-17-9-4-3-5-10-17/h3-11,14-15H,12-13H2,1-2H3/t14-,15+/m0/s1. The largest absolute Gasteiger partial charge is 0.482 e. The van der Waals surface area contributed by atoms with E-state index >= 15 is 0 Å². The second kappa shape index (κ2) is 7.38. The molecule has 2 aromatic carbocycles. The SMILES string of the molecule is C[C@@H](OC(=O)COc1ccccc1)C(=O)N1c2ccccc2C[C@@H]1C. The quantitative estimate of drug-likeness (QED) is 0.786. The highest BCUT2D eigenvalue weighted by molar-refractivity contribution is 5.99. The molecule has 0 radical (unpaired) electrons. The molecule has 0 aromatic heterocycles. The van der Waals surface area contributed by atoms with E-state index in [4.69, 9.17) is 9.47 Å². The molecule has 2 aromatic rings. The van der Waals surface area contributed by atoms with Gasteiger partial charge in [-0.15, -0.1) is 0 Å². The van der Waals surface area contributed by atoms with Gasteiger partial charge in [0.15, 0.2) is 12.7 Å². The van der Waals surface area contributed by atoms with Crippen molar-refractivity contribution in [3.63, 3.8) is 0 Å². The van der Waals surface area contributed by atoms with E-state index in [0.29, 0.717) is 5.75 Å². The van der Waals surface area contributed by atoms with Gasteiger partial charge in [0.2, 0.25) is 0 Å². The lowest BCUT2D eigenvalue weighted by molar-refractivity contribution is -0.155. The Morgan fingerprint density at radius 3 is 2.56 bits per heavy atom. The van der Waals surface area contributed by atoms with E-state index in [1.54, 1.807) is 24.0 Å². The highest BCUT2D eigenvalue weighted by Gasteiger charge is 2.34. The molecule has 25 heavy (non-hydrogen) atoms. The first kappa shape index (κ1) is 17.0. The van der Waals surface area contributed by atoms with Gasteiger partial charge in [-0.25, -0.2) is 4.79 Å². The summed E-state index contributed by atoms with van der Waals surface area (Å²) < 4.78 is 10.6. The van der Waals surface area contributed by atoms with Crippen LogP contribution in [0.5, 0.6) is 5.75 Å². The van der Waals surface area contributed by atoms with Crippen LogP contribution in [-0.4, -0.2) is 30.6 Å². The van der Waals surface area contributed by atoms with Gasteiger partial charge in [0.1, 0.15) is 5.75 Å². The number of anilines is 1. The fraction of sp³-hybridized carbons (Fsp3) is 0.300. The van der Waals surface area contributed by atoms with Crippen molar-refractivity contribution in [2.75, 3.05) is 11.5 Å². The molecular formula is C20H21NO4. The van der Waals surface area contributed by atoms with E-state index in [9.17, 15) is 9.59 Å². The number of ether oxygens (including phenoxy) is 2. The van der Waals surface area contributed by atoms with Crippen LogP contribution in [0.2, 0.25) is 0 Å². The van der Waals surface area contributed by atoms with Crippen LogP contribution in [-0.2, 0) is 20.7 Å². The van der Waals surface area contributed by atoms with E-state index in [1.807, 2.05) is 49.4 Å². The summed E-state index contributed by atoms with van der Waals surface area (Å²) >= 11 is 0. The van der Waals surface area contributed by atoms with Gasteiger partial charge in [-0.2, -0.15) is 0 Å². The normalized spacial score (nSPS) is 16.9. The van der Waals surface area contributed by atoms with Crippen LogP contribution in [0.1, 0.15) is 19.4 Å². The van der Waals surface area contributed by atoms with Gasteiger partial charge in [0.25, 0.3) is 5.91 Å². The van der Waals surface area contributed by atoms with Crippen LogP contribution >= 0.6 is 0 Å². The molecule has 0 saturated carbocycles. The minimum absolute atomic E-state index is 0.0478. The van der Waals surface area contributed by atoms with Gasteiger partial charge in [0.05, 0.1) is 0 Å². The number of benzene rings is 2. The first-order valence-electron chi connectivity index (χ1n) is 8.34. The number of rotatable bonds is 5. The summed E-state index contributed by atoms with van der Waals surface area (Å²) in [5.74, 6) is -0.198. The number of hydrogen-bond donors (Lipinski definition) is 0. The summed E-state index contributed by atoms with van der Waals surface area (Å²) in [4.78, 5) is 26.4. The van der Waals surface area contributed by atoms with Crippen molar-refractivity contribution in [3.8, 4) is 5.75 Å². The fourth-order valence-corrected chi connectivity index (χ4v) is 3.04. The van der Waals surface area contributed by atoms with Crippen molar-refractivity contribution in [3.05, 3.63) is 60.2 Å². The van der Waals surface area contributed by atoms with Gasteiger partial charge in [-0.3, -0.25) is 4.79 Å². The van der Waals surface area contributed by atoms with Crippen LogP contribution in [0.25, 0.3) is 0 Å². The Morgan fingerprint density at radius 2 is 1.80 bits per heavy atom. The summed E-state index contributed by atoms with van der Waals surface area (Å²) in [7, 11) is 0. The molecule has 2 atom stereocenters. The summed E-state index contributed by atoms with van der Waals surface area (Å²) in [5, 5.41) is 0. The van der Waals surface area contributed by atoms with Crippen molar-refractivity contribution in [2.24, 2.45) is 0 Å². The topological polar surface area (TPSA) is 55.8 Å². The van der Waals surface area contributed by atoms with Crippen LogP contribution in [0.4, 0.5) is 5.69 Å². The van der Waals surface area contributed by atoms with Crippen molar-refractivity contribution in [1.29, 1.82) is 0 Å². The van der Waals surface area contributed by atoms with Crippen molar-refractivity contribution >= 4 is 17.6 Å². The van der Waals surface area contributed by atoms with Gasteiger partial charge in [-0.05, 0) is 44.0 Å². The summed E-state index contributed by atoms with van der Waals surface area (Å²) in [6.45, 7) is 3.36. The van der Waals surface area contributed by atoms with Crippen LogP contribution in [0.15, 0.2) is 54.6 Å². The third-order valence-electron chi connectivity index (χ3n) is 4.20. The molecule has 5 heteroatoms. The number of amides is 1. The lowest BCUT2D eigenvalue weighted by Crippen LogP contribution is -2.43. The summed E-state index contributed by atoms with van der Waals surface area (Å²) in [6, 6.07) is 16.9. The number of carbonyl (C=O) groups excluding carboxylic acids is 2. The molecular weight excluding hydrogens is 318 g/mol. The van der Waals surface area contributed by atoms with E-state index < -0.39 is 12.1 Å². The molecule has 0 N–H and O–H groups in total. The second-order valence-electron chi connectivity index (χ2n) is 6.12. The van der Waals surface area contributed by atoms with E-state index in [0.717, 1.165) is 17.7 Å². The highest BCUT2D eigenvalue weighted by atomic mass is 16.6. The maximum Gasteiger partial charge on any atom is 0.344 e. The Bertz CT molecular complexity index is 759. The Morgan fingerprint density at radius 1 is 1.12 bits per heavy atom. The zero-order valence-corrected chi connectivity index (χ0v) is 14.3. The molecule has 5 nitrogen and oxygen atoms in total. The zero-order valence-electron chi connectivity index (χ0n) is 14.3. The Kier molecular flexibility index (Phi) is 5.03. The lowest BCUT2D eigenvalue weighted by atomic mass is 10.1. The zero-order chi connectivity index (χ0) is 17.8. The molecule has 0 fully saturated rings. The lowest BCUT2D eigenvalue weighted by Gasteiger charge is -2.25. The minimum atomic E-state index is -0.861.